The van der Waals surface area contributed by atoms with Gasteiger partial charge < -0.3 is 5.32 Å². The lowest BCUT2D eigenvalue weighted by Crippen LogP contribution is -2.45. The smallest absolute Gasteiger partial charge is 0.324 e. The highest BCUT2D eigenvalue weighted by atomic mass is 35.5. The first-order chi connectivity index (χ1) is 22.4. The van der Waals surface area contributed by atoms with Gasteiger partial charge in [-0.1, -0.05) is 65.7 Å². The van der Waals surface area contributed by atoms with Gasteiger partial charge in [0.05, 0.1) is 34.1 Å². The normalized spacial score (nSPS) is 14.0. The fourth-order valence-electron chi connectivity index (χ4n) is 5.72. The minimum absolute atomic E-state index is 0.206. The predicted molar refractivity (Wildman–Crippen MR) is 179 cm³/mol. The number of anilines is 5. The lowest BCUT2D eigenvalue weighted by atomic mass is 10.1. The third-order valence-electron chi connectivity index (χ3n) is 7.93. The van der Waals surface area contributed by atoms with E-state index in [1.807, 2.05) is 54.6 Å². The van der Waals surface area contributed by atoms with Crippen LogP contribution in [0.5, 0.6) is 0 Å². The molecule has 9 nitrogen and oxygen atoms in total. The third kappa shape index (κ3) is 5.55. The molecule has 2 aliphatic heterocycles. The van der Waals surface area contributed by atoms with Crippen LogP contribution in [0.15, 0.2) is 103 Å². The van der Waals surface area contributed by atoms with Crippen LogP contribution >= 0.6 is 23.2 Å². The molecule has 0 spiro atoms. The van der Waals surface area contributed by atoms with Crippen molar-refractivity contribution in [1.29, 1.82) is 0 Å². The van der Waals surface area contributed by atoms with E-state index in [0.717, 1.165) is 16.8 Å². The monoisotopic (exact) mass is 648 g/mol. The van der Waals surface area contributed by atoms with Crippen LogP contribution in [0.3, 0.4) is 0 Å². The van der Waals surface area contributed by atoms with Crippen LogP contribution in [0.25, 0.3) is 0 Å². The van der Waals surface area contributed by atoms with E-state index < -0.39 is 0 Å². The Bertz CT molecular complexity index is 1970. The molecule has 4 aromatic carbocycles. The van der Waals surface area contributed by atoms with Crippen molar-refractivity contribution in [3.8, 4) is 0 Å². The first-order valence-corrected chi connectivity index (χ1v) is 15.4. The van der Waals surface area contributed by atoms with Crippen LogP contribution in [0.1, 0.15) is 38.3 Å². The average molecular weight is 650 g/mol. The standard InChI is InChI=1S/C35H26Cl2N6O3/c36-24-15-16-30(29(37)19-24)42-21-23-20-38-34(39-25-10-2-1-3-11-25)40-31(23)43(35(42)46)26-12-6-8-22(18-26)9-7-17-41-32(44)27-13-4-5-14-28(27)33(41)45/h1-6,8,10-16,18-20H,7,9,17,21H2,(H,38,39,40). The van der Waals surface area contributed by atoms with E-state index in [0.29, 0.717) is 57.2 Å². The molecule has 0 fully saturated rings. The van der Waals surface area contributed by atoms with Gasteiger partial charge >= 0.3 is 6.03 Å². The molecule has 46 heavy (non-hydrogen) atoms. The largest absolute Gasteiger partial charge is 0.335 e. The molecule has 5 aromatic rings. The van der Waals surface area contributed by atoms with Gasteiger partial charge in [-0.05, 0) is 73.0 Å². The molecule has 2 aliphatic rings. The molecule has 0 saturated carbocycles. The third-order valence-corrected chi connectivity index (χ3v) is 8.47. The second-order valence-corrected chi connectivity index (χ2v) is 11.8. The van der Waals surface area contributed by atoms with E-state index >= 15 is 0 Å². The molecule has 3 heterocycles. The number of halogens is 2. The Morgan fingerprint density at radius 3 is 2.28 bits per heavy atom. The highest BCUT2D eigenvalue weighted by Crippen LogP contribution is 2.39. The molecule has 0 radical (unpaired) electrons. The number of aryl methyl sites for hydroxylation is 1. The summed E-state index contributed by atoms with van der Waals surface area (Å²) in [6, 6.07) is 28.7. The van der Waals surface area contributed by atoms with Crippen molar-refractivity contribution in [3.05, 3.63) is 136 Å². The number of imide groups is 1. The van der Waals surface area contributed by atoms with Crippen molar-refractivity contribution in [2.24, 2.45) is 0 Å². The maximum Gasteiger partial charge on any atom is 0.335 e. The van der Waals surface area contributed by atoms with Crippen LogP contribution in [0, 0.1) is 0 Å². The Labute approximate surface area is 275 Å². The lowest BCUT2D eigenvalue weighted by Gasteiger charge is -2.36. The highest BCUT2D eigenvalue weighted by molar-refractivity contribution is 6.37. The molecule has 7 rings (SSSR count). The lowest BCUT2D eigenvalue weighted by molar-refractivity contribution is 0.0652. The molecule has 0 atom stereocenters. The van der Waals surface area contributed by atoms with Crippen molar-refractivity contribution in [2.75, 3.05) is 21.7 Å². The zero-order valence-corrected chi connectivity index (χ0v) is 25.9. The van der Waals surface area contributed by atoms with Gasteiger partial charge in [0.1, 0.15) is 0 Å². The molecule has 11 heteroatoms. The molecular formula is C35H26Cl2N6O3. The Morgan fingerprint density at radius 2 is 1.54 bits per heavy atom. The van der Waals surface area contributed by atoms with E-state index in [9.17, 15) is 14.4 Å². The van der Waals surface area contributed by atoms with Crippen LogP contribution in [-0.2, 0) is 13.0 Å². The molecule has 228 valence electrons. The number of aromatic nitrogens is 2. The van der Waals surface area contributed by atoms with Crippen LogP contribution in [0.4, 0.5) is 33.6 Å². The summed E-state index contributed by atoms with van der Waals surface area (Å²) in [5.74, 6) is 0.247. The summed E-state index contributed by atoms with van der Waals surface area (Å²) >= 11 is 12.7. The number of hydrogen-bond donors (Lipinski definition) is 1. The van der Waals surface area contributed by atoms with Gasteiger partial charge in [0.25, 0.3) is 11.8 Å². The topological polar surface area (TPSA) is 98.7 Å². The second kappa shape index (κ2) is 12.3. The predicted octanol–water partition coefficient (Wildman–Crippen LogP) is 8.03. The average Bonchev–Trinajstić information content (AvgIpc) is 3.30. The highest BCUT2D eigenvalue weighted by Gasteiger charge is 2.36. The van der Waals surface area contributed by atoms with Crippen LogP contribution in [0.2, 0.25) is 10.0 Å². The minimum atomic E-state index is -0.343. The van der Waals surface area contributed by atoms with Crippen molar-refractivity contribution >= 4 is 69.9 Å². The zero-order valence-electron chi connectivity index (χ0n) is 24.4. The number of nitrogens with one attached hydrogen (secondary N) is 1. The van der Waals surface area contributed by atoms with Crippen molar-refractivity contribution in [3.63, 3.8) is 0 Å². The van der Waals surface area contributed by atoms with Crippen LogP contribution in [-0.4, -0.2) is 39.3 Å². The molecule has 1 aromatic heterocycles. The fourth-order valence-corrected chi connectivity index (χ4v) is 6.23. The van der Waals surface area contributed by atoms with E-state index in [2.05, 4.69) is 10.3 Å². The number of carbonyl (C=O) groups excluding carboxylic acids is 3. The maximum atomic E-state index is 14.3. The SMILES string of the molecule is O=C1c2ccccc2C(=O)N1CCCc1cccc(N2C(=O)N(c3ccc(Cl)cc3Cl)Cc3cnc(Nc4ccccc4)nc32)c1. The summed E-state index contributed by atoms with van der Waals surface area (Å²) in [7, 11) is 0. The number of fused-ring (bicyclic) bond motifs is 2. The second-order valence-electron chi connectivity index (χ2n) is 10.9. The molecule has 1 N–H and O–H groups in total. The number of urea groups is 1. The number of rotatable bonds is 8. The first kappa shape index (κ1) is 29.5. The van der Waals surface area contributed by atoms with Crippen LogP contribution < -0.4 is 15.1 Å². The van der Waals surface area contributed by atoms with E-state index in [1.54, 1.807) is 58.5 Å². The van der Waals surface area contributed by atoms with Gasteiger partial charge in [0.2, 0.25) is 5.95 Å². The summed E-state index contributed by atoms with van der Waals surface area (Å²) in [6.45, 7) is 0.490. The van der Waals surface area contributed by atoms with Gasteiger partial charge in [-0.3, -0.25) is 19.4 Å². The van der Waals surface area contributed by atoms with E-state index in [4.69, 9.17) is 28.2 Å². The number of carbonyl (C=O) groups is 3. The zero-order chi connectivity index (χ0) is 31.8. The summed E-state index contributed by atoms with van der Waals surface area (Å²) in [5.41, 5.74) is 4.45. The van der Waals surface area contributed by atoms with E-state index in [-0.39, 0.29) is 30.9 Å². The Morgan fingerprint density at radius 1 is 0.804 bits per heavy atom. The number of nitrogens with zero attached hydrogens (tertiary/aromatic N) is 5. The summed E-state index contributed by atoms with van der Waals surface area (Å²) in [6.07, 6.45) is 2.84. The number of hydrogen-bond acceptors (Lipinski definition) is 6. The summed E-state index contributed by atoms with van der Waals surface area (Å²) in [4.78, 5) is 53.6. The molecule has 0 bridgehead atoms. The van der Waals surface area contributed by atoms with Crippen molar-refractivity contribution in [1.82, 2.24) is 14.9 Å². The van der Waals surface area contributed by atoms with E-state index in [1.165, 1.54) is 4.90 Å². The van der Waals surface area contributed by atoms with Crippen molar-refractivity contribution in [2.45, 2.75) is 19.4 Å². The quantitative estimate of drug-likeness (QED) is 0.171. The minimum Gasteiger partial charge on any atom is -0.324 e. The first-order valence-electron chi connectivity index (χ1n) is 14.7. The molecule has 0 aliphatic carbocycles. The maximum absolute atomic E-state index is 14.3. The van der Waals surface area contributed by atoms with Gasteiger partial charge in [-0.2, -0.15) is 4.98 Å². The van der Waals surface area contributed by atoms with Gasteiger partial charge in [-0.25, -0.2) is 14.7 Å². The Balaban J connectivity index is 1.18. The molecular weight excluding hydrogens is 623 g/mol. The molecule has 0 unspecified atom stereocenters. The molecule has 0 saturated heterocycles. The fraction of sp³-hybridized carbons (Fsp3) is 0.114. The van der Waals surface area contributed by atoms with Gasteiger partial charge in [0, 0.05) is 29.0 Å². The van der Waals surface area contributed by atoms with Gasteiger partial charge in [0.15, 0.2) is 5.82 Å². The van der Waals surface area contributed by atoms with Gasteiger partial charge in [-0.15, -0.1) is 0 Å². The Kier molecular flexibility index (Phi) is 7.86. The summed E-state index contributed by atoms with van der Waals surface area (Å²) < 4.78 is 0. The molecule has 4 amide bonds. The Hall–Kier alpha value is -5.25. The number of para-hydroxylation sites is 1. The van der Waals surface area contributed by atoms with Crippen molar-refractivity contribution < 1.29 is 14.4 Å². The number of benzene rings is 4. The number of amides is 4. The summed E-state index contributed by atoms with van der Waals surface area (Å²) in [5, 5.41) is 4.01.